The van der Waals surface area contributed by atoms with Crippen LogP contribution in [0.4, 0.5) is 5.69 Å². The average Bonchev–Trinajstić information content (AvgIpc) is 2.96. The molecular formula is C14H13ClN4O2S. The molecule has 0 spiro atoms. The second-order valence-electron chi connectivity index (χ2n) is 4.63. The zero-order valence-corrected chi connectivity index (χ0v) is 13.3. The van der Waals surface area contributed by atoms with Crippen molar-refractivity contribution in [3.05, 3.63) is 47.9 Å². The van der Waals surface area contributed by atoms with E-state index in [-0.39, 0.29) is 5.16 Å². The van der Waals surface area contributed by atoms with Gasteiger partial charge in [-0.15, -0.1) is 0 Å². The molecule has 0 saturated heterocycles. The topological polar surface area (TPSA) is 76.9 Å². The minimum atomic E-state index is -3.79. The molecule has 0 bridgehead atoms. The Balaban J connectivity index is 2.06. The highest BCUT2D eigenvalue weighted by atomic mass is 35.5. The van der Waals surface area contributed by atoms with Gasteiger partial charge in [-0.2, -0.15) is 8.42 Å². The van der Waals surface area contributed by atoms with Crippen LogP contribution in [0.15, 0.2) is 48.0 Å². The zero-order chi connectivity index (χ0) is 15.7. The summed E-state index contributed by atoms with van der Waals surface area (Å²) in [5.41, 5.74) is 0.921. The molecule has 0 unspecified atom stereocenters. The van der Waals surface area contributed by atoms with Crippen LogP contribution in [-0.2, 0) is 16.6 Å². The lowest BCUT2D eigenvalue weighted by Gasteiger charge is -2.10. The number of anilines is 1. The van der Waals surface area contributed by atoms with E-state index >= 15 is 0 Å². The molecule has 0 amide bonds. The Morgan fingerprint density at radius 1 is 1.32 bits per heavy atom. The molecule has 3 aromatic rings. The van der Waals surface area contributed by atoms with E-state index in [0.29, 0.717) is 22.8 Å². The maximum atomic E-state index is 12.5. The largest absolute Gasteiger partial charge is 0.321 e. The lowest BCUT2D eigenvalue weighted by atomic mass is 10.2. The fourth-order valence-corrected chi connectivity index (χ4v) is 3.60. The maximum Gasteiger partial charge on any atom is 0.295 e. The number of fused-ring (bicyclic) bond motifs is 1. The summed E-state index contributed by atoms with van der Waals surface area (Å²) in [6, 6.07) is 6.94. The van der Waals surface area contributed by atoms with Gasteiger partial charge in [-0.1, -0.05) is 23.7 Å². The Hall–Kier alpha value is -2.12. The first-order valence-corrected chi connectivity index (χ1v) is 8.45. The minimum Gasteiger partial charge on any atom is -0.321 e. The van der Waals surface area contributed by atoms with E-state index in [4.69, 9.17) is 11.6 Å². The Morgan fingerprint density at radius 3 is 2.91 bits per heavy atom. The van der Waals surface area contributed by atoms with E-state index in [1.165, 1.54) is 12.4 Å². The summed E-state index contributed by atoms with van der Waals surface area (Å²) < 4.78 is 29.1. The summed E-state index contributed by atoms with van der Waals surface area (Å²) in [5.74, 6) is 0. The van der Waals surface area contributed by atoms with E-state index in [1.54, 1.807) is 29.0 Å². The number of nitrogens with zero attached hydrogens (tertiary/aromatic N) is 3. The molecule has 0 fully saturated rings. The van der Waals surface area contributed by atoms with Crippen LogP contribution in [0.25, 0.3) is 10.9 Å². The maximum absolute atomic E-state index is 12.5. The monoisotopic (exact) mass is 336 g/mol. The normalized spacial score (nSPS) is 11.7. The number of hydrogen-bond donors (Lipinski definition) is 1. The predicted molar refractivity (Wildman–Crippen MR) is 85.5 cm³/mol. The number of pyridine rings is 1. The molecule has 0 radical (unpaired) electrons. The first kappa shape index (κ1) is 14.8. The summed E-state index contributed by atoms with van der Waals surface area (Å²) >= 11 is 5.91. The highest BCUT2D eigenvalue weighted by Crippen LogP contribution is 2.25. The van der Waals surface area contributed by atoms with E-state index in [2.05, 4.69) is 14.7 Å². The van der Waals surface area contributed by atoms with Gasteiger partial charge in [0, 0.05) is 30.5 Å². The van der Waals surface area contributed by atoms with Crippen molar-refractivity contribution in [3.8, 4) is 0 Å². The SMILES string of the molecule is CCn1ccnc1S(=O)(=O)Nc1cccc2cc(Cl)cnc12. The van der Waals surface area contributed by atoms with Crippen LogP contribution in [0.3, 0.4) is 0 Å². The predicted octanol–water partition coefficient (Wildman–Crippen LogP) is 2.91. The molecule has 8 heteroatoms. The third kappa shape index (κ3) is 2.65. The van der Waals surface area contributed by atoms with Gasteiger partial charge in [0.05, 0.1) is 16.2 Å². The van der Waals surface area contributed by atoms with Crippen molar-refractivity contribution < 1.29 is 8.42 Å². The van der Waals surface area contributed by atoms with Gasteiger partial charge < -0.3 is 4.57 Å². The highest BCUT2D eigenvalue weighted by molar-refractivity contribution is 7.92. The van der Waals surface area contributed by atoms with Gasteiger partial charge in [-0.3, -0.25) is 9.71 Å². The molecule has 0 aliphatic rings. The molecule has 3 rings (SSSR count). The van der Waals surface area contributed by atoms with Crippen molar-refractivity contribution in [1.82, 2.24) is 14.5 Å². The second kappa shape index (κ2) is 5.58. The van der Waals surface area contributed by atoms with E-state index in [0.717, 1.165) is 5.39 Å². The van der Waals surface area contributed by atoms with E-state index in [1.807, 2.05) is 13.0 Å². The van der Waals surface area contributed by atoms with Crippen LogP contribution in [-0.4, -0.2) is 23.0 Å². The van der Waals surface area contributed by atoms with Crippen LogP contribution < -0.4 is 4.72 Å². The molecule has 2 aromatic heterocycles. The number of rotatable bonds is 4. The van der Waals surface area contributed by atoms with Crippen LogP contribution in [0.2, 0.25) is 5.02 Å². The van der Waals surface area contributed by atoms with Gasteiger partial charge in [-0.25, -0.2) is 4.98 Å². The van der Waals surface area contributed by atoms with Crippen LogP contribution >= 0.6 is 11.6 Å². The molecule has 114 valence electrons. The van der Waals surface area contributed by atoms with Gasteiger partial charge in [0.2, 0.25) is 5.16 Å². The number of benzene rings is 1. The van der Waals surface area contributed by atoms with E-state index in [9.17, 15) is 8.42 Å². The minimum absolute atomic E-state index is 0.0269. The number of halogens is 1. The summed E-state index contributed by atoms with van der Waals surface area (Å²) in [5, 5.41) is 1.22. The quantitative estimate of drug-likeness (QED) is 0.794. The second-order valence-corrected chi connectivity index (χ2v) is 6.64. The lowest BCUT2D eigenvalue weighted by Crippen LogP contribution is -2.18. The van der Waals surface area contributed by atoms with Gasteiger partial charge in [0.15, 0.2) is 0 Å². The molecule has 2 heterocycles. The number of imidazole rings is 1. The number of hydrogen-bond acceptors (Lipinski definition) is 4. The van der Waals surface area contributed by atoms with Crippen molar-refractivity contribution in [2.75, 3.05) is 4.72 Å². The molecule has 1 N–H and O–H groups in total. The Labute approximate surface area is 132 Å². The fraction of sp³-hybridized carbons (Fsp3) is 0.143. The smallest absolute Gasteiger partial charge is 0.295 e. The standard InChI is InChI=1S/C14H13ClN4O2S/c1-2-19-7-6-16-14(19)22(20,21)18-12-5-3-4-10-8-11(15)9-17-13(10)12/h3-9,18H,2H2,1H3. The Bertz CT molecular complexity index is 937. The number of sulfonamides is 1. The van der Waals surface area contributed by atoms with Gasteiger partial charge in [-0.05, 0) is 19.1 Å². The van der Waals surface area contributed by atoms with E-state index < -0.39 is 10.0 Å². The number of para-hydroxylation sites is 1. The van der Waals surface area contributed by atoms with Crippen LogP contribution in [0, 0.1) is 0 Å². The molecule has 22 heavy (non-hydrogen) atoms. The summed E-state index contributed by atoms with van der Waals surface area (Å²) in [7, 11) is -3.79. The number of nitrogens with one attached hydrogen (secondary N) is 1. The lowest BCUT2D eigenvalue weighted by molar-refractivity contribution is 0.574. The van der Waals surface area contributed by atoms with Crippen LogP contribution in [0.5, 0.6) is 0 Å². The van der Waals surface area contributed by atoms with Gasteiger partial charge in [0.1, 0.15) is 0 Å². The molecule has 0 atom stereocenters. The van der Waals surface area contributed by atoms with Gasteiger partial charge >= 0.3 is 0 Å². The Morgan fingerprint density at radius 2 is 2.14 bits per heavy atom. The summed E-state index contributed by atoms with van der Waals surface area (Å²) in [6.07, 6.45) is 4.56. The van der Waals surface area contributed by atoms with Crippen molar-refractivity contribution in [2.24, 2.45) is 0 Å². The molecule has 0 aliphatic heterocycles. The van der Waals surface area contributed by atoms with Crippen molar-refractivity contribution in [2.45, 2.75) is 18.6 Å². The molecule has 0 aliphatic carbocycles. The summed E-state index contributed by atoms with van der Waals surface area (Å²) in [6.45, 7) is 2.36. The summed E-state index contributed by atoms with van der Waals surface area (Å²) in [4.78, 5) is 8.12. The fourth-order valence-electron chi connectivity index (χ4n) is 2.19. The Kier molecular flexibility index (Phi) is 3.76. The van der Waals surface area contributed by atoms with Crippen molar-refractivity contribution >= 4 is 38.2 Å². The molecular weight excluding hydrogens is 324 g/mol. The molecule has 0 saturated carbocycles. The number of aryl methyl sites for hydroxylation is 1. The van der Waals surface area contributed by atoms with Crippen molar-refractivity contribution in [3.63, 3.8) is 0 Å². The first-order chi connectivity index (χ1) is 10.5. The third-order valence-electron chi connectivity index (χ3n) is 3.18. The zero-order valence-electron chi connectivity index (χ0n) is 11.7. The number of aromatic nitrogens is 3. The first-order valence-electron chi connectivity index (χ1n) is 6.59. The van der Waals surface area contributed by atoms with Gasteiger partial charge in [0.25, 0.3) is 10.0 Å². The van der Waals surface area contributed by atoms with Crippen molar-refractivity contribution in [1.29, 1.82) is 0 Å². The molecule has 6 nitrogen and oxygen atoms in total. The third-order valence-corrected chi connectivity index (χ3v) is 4.70. The molecule has 1 aromatic carbocycles. The average molecular weight is 337 g/mol. The highest BCUT2D eigenvalue weighted by Gasteiger charge is 2.21. The van der Waals surface area contributed by atoms with Crippen LogP contribution in [0.1, 0.15) is 6.92 Å².